The van der Waals surface area contributed by atoms with Gasteiger partial charge in [0.25, 0.3) is 0 Å². The van der Waals surface area contributed by atoms with Gasteiger partial charge >= 0.3 is 0 Å². The van der Waals surface area contributed by atoms with Crippen LogP contribution in [0.3, 0.4) is 0 Å². The molecule has 96 valence electrons. The fraction of sp³-hybridized carbons (Fsp3) is 0.533. The van der Waals surface area contributed by atoms with E-state index in [-0.39, 0.29) is 0 Å². The number of hydrogen-bond acceptors (Lipinski definition) is 3. The lowest BCUT2D eigenvalue weighted by Gasteiger charge is -2.29. The predicted octanol–water partition coefficient (Wildman–Crippen LogP) is 2.59. The minimum absolute atomic E-state index is 0.629. The Morgan fingerprint density at radius 3 is 2.89 bits per heavy atom. The lowest BCUT2D eigenvalue weighted by atomic mass is 9.96. The van der Waals surface area contributed by atoms with Crippen LogP contribution in [0.4, 0.5) is 0 Å². The van der Waals surface area contributed by atoms with Crippen LogP contribution >= 0.6 is 0 Å². The second kappa shape index (κ2) is 4.39. The molecule has 2 unspecified atom stereocenters. The van der Waals surface area contributed by atoms with E-state index in [9.17, 15) is 0 Å². The van der Waals surface area contributed by atoms with Gasteiger partial charge in [-0.05, 0) is 43.4 Å². The molecular formula is C15H20N2O. The molecule has 2 atom stereocenters. The van der Waals surface area contributed by atoms with Crippen LogP contribution in [-0.4, -0.2) is 35.6 Å². The molecule has 0 spiro atoms. The van der Waals surface area contributed by atoms with E-state index >= 15 is 0 Å². The molecule has 0 N–H and O–H groups in total. The van der Waals surface area contributed by atoms with Crippen LogP contribution in [0.15, 0.2) is 24.4 Å². The van der Waals surface area contributed by atoms with Crippen molar-refractivity contribution in [2.45, 2.75) is 32.4 Å². The number of nitrogens with zero attached hydrogens (tertiary/aromatic N) is 2. The van der Waals surface area contributed by atoms with Gasteiger partial charge in [-0.2, -0.15) is 0 Å². The third-order valence-corrected chi connectivity index (χ3v) is 4.14. The number of rotatable bonds is 3. The molecule has 1 aromatic heterocycles. The molecule has 1 fully saturated rings. The van der Waals surface area contributed by atoms with Crippen LogP contribution in [0.1, 0.15) is 25.8 Å². The van der Waals surface area contributed by atoms with E-state index < -0.39 is 0 Å². The first kappa shape index (κ1) is 11.7. The zero-order valence-corrected chi connectivity index (χ0v) is 11.3. The summed E-state index contributed by atoms with van der Waals surface area (Å²) in [7, 11) is 1.67. The van der Waals surface area contributed by atoms with Crippen molar-refractivity contribution in [1.29, 1.82) is 0 Å². The molecule has 1 aromatic rings. The van der Waals surface area contributed by atoms with E-state index in [0.717, 1.165) is 0 Å². The molecule has 2 aliphatic rings. The summed E-state index contributed by atoms with van der Waals surface area (Å²) >= 11 is 0. The van der Waals surface area contributed by atoms with Crippen LogP contribution < -0.4 is 4.74 Å². The van der Waals surface area contributed by atoms with Gasteiger partial charge in [0.1, 0.15) is 0 Å². The largest absolute Gasteiger partial charge is 0.481 e. The second-order valence-electron chi connectivity index (χ2n) is 5.50. The zero-order chi connectivity index (χ0) is 12.7. The standard InChI is InChI=1S/C15H20N2O/c1-10(2)17-9-12-6-13(17)8-14(12)11-4-5-16-15(7-11)18-3/h4-5,7-8,10,12-13H,6,9H2,1-3H3. The van der Waals surface area contributed by atoms with Gasteiger partial charge in [0.2, 0.25) is 5.88 Å². The summed E-state index contributed by atoms with van der Waals surface area (Å²) in [6.07, 6.45) is 5.54. The van der Waals surface area contributed by atoms with Crippen LogP contribution in [-0.2, 0) is 0 Å². The Morgan fingerprint density at radius 2 is 2.28 bits per heavy atom. The maximum atomic E-state index is 5.21. The van der Waals surface area contributed by atoms with Crippen molar-refractivity contribution in [1.82, 2.24) is 9.88 Å². The lowest BCUT2D eigenvalue weighted by molar-refractivity contribution is 0.227. The van der Waals surface area contributed by atoms with Gasteiger partial charge in [-0.15, -0.1) is 0 Å². The molecule has 0 aromatic carbocycles. The molecule has 3 heteroatoms. The Balaban J connectivity index is 1.87. The summed E-state index contributed by atoms with van der Waals surface area (Å²) in [5.74, 6) is 1.39. The first-order chi connectivity index (χ1) is 8.69. The van der Waals surface area contributed by atoms with Crippen molar-refractivity contribution in [2.75, 3.05) is 13.7 Å². The zero-order valence-electron chi connectivity index (χ0n) is 11.3. The summed E-state index contributed by atoms with van der Waals surface area (Å²) in [4.78, 5) is 6.76. The minimum atomic E-state index is 0.629. The second-order valence-corrected chi connectivity index (χ2v) is 5.50. The smallest absolute Gasteiger partial charge is 0.213 e. The molecule has 3 rings (SSSR count). The molecule has 1 saturated heterocycles. The molecule has 18 heavy (non-hydrogen) atoms. The molecule has 3 nitrogen and oxygen atoms in total. The van der Waals surface area contributed by atoms with Gasteiger partial charge in [0.05, 0.1) is 7.11 Å². The van der Waals surface area contributed by atoms with Crippen LogP contribution in [0.25, 0.3) is 5.57 Å². The Labute approximate surface area is 108 Å². The highest BCUT2D eigenvalue weighted by Gasteiger charge is 2.39. The van der Waals surface area contributed by atoms with E-state index in [1.807, 2.05) is 12.3 Å². The van der Waals surface area contributed by atoms with Crippen molar-refractivity contribution in [2.24, 2.45) is 5.92 Å². The highest BCUT2D eigenvalue weighted by molar-refractivity contribution is 5.72. The van der Waals surface area contributed by atoms with Crippen molar-refractivity contribution in [3.05, 3.63) is 30.0 Å². The topological polar surface area (TPSA) is 25.4 Å². The normalized spacial score (nSPS) is 26.8. The third kappa shape index (κ3) is 1.83. The number of hydrogen-bond donors (Lipinski definition) is 0. The molecular weight excluding hydrogens is 224 g/mol. The SMILES string of the molecule is COc1cc(C2=CC3CC2CN3C(C)C)ccn1. The summed E-state index contributed by atoms with van der Waals surface area (Å²) < 4.78 is 5.21. The maximum Gasteiger partial charge on any atom is 0.213 e. The highest BCUT2D eigenvalue weighted by Crippen LogP contribution is 2.43. The summed E-state index contributed by atoms with van der Waals surface area (Å²) in [5.41, 5.74) is 2.76. The summed E-state index contributed by atoms with van der Waals surface area (Å²) in [5, 5.41) is 0. The van der Waals surface area contributed by atoms with Gasteiger partial charge in [0, 0.05) is 30.9 Å². The first-order valence-electron chi connectivity index (χ1n) is 6.67. The number of pyridine rings is 1. The van der Waals surface area contributed by atoms with Crippen LogP contribution in [0.2, 0.25) is 0 Å². The van der Waals surface area contributed by atoms with Gasteiger partial charge in [-0.25, -0.2) is 4.98 Å². The van der Waals surface area contributed by atoms with Gasteiger partial charge in [-0.3, -0.25) is 4.90 Å². The van der Waals surface area contributed by atoms with Crippen LogP contribution in [0, 0.1) is 5.92 Å². The molecule has 2 heterocycles. The lowest BCUT2D eigenvalue weighted by Crippen LogP contribution is -2.36. The maximum absolute atomic E-state index is 5.21. The van der Waals surface area contributed by atoms with Crippen molar-refractivity contribution in [3.8, 4) is 5.88 Å². The molecule has 0 radical (unpaired) electrons. The van der Waals surface area contributed by atoms with E-state index in [2.05, 4.69) is 35.9 Å². The molecule has 2 bridgehead atoms. The van der Waals surface area contributed by atoms with E-state index in [4.69, 9.17) is 4.74 Å². The number of fused-ring (bicyclic) bond motifs is 2. The number of aromatic nitrogens is 1. The highest BCUT2D eigenvalue weighted by atomic mass is 16.5. The molecule has 0 amide bonds. The van der Waals surface area contributed by atoms with Crippen molar-refractivity contribution in [3.63, 3.8) is 0 Å². The van der Waals surface area contributed by atoms with Gasteiger partial charge < -0.3 is 4.74 Å². The predicted molar refractivity (Wildman–Crippen MR) is 72.5 cm³/mol. The Kier molecular flexibility index (Phi) is 2.86. The number of methoxy groups -OCH3 is 1. The van der Waals surface area contributed by atoms with Crippen molar-refractivity contribution < 1.29 is 4.74 Å². The van der Waals surface area contributed by atoms with E-state index in [1.54, 1.807) is 7.11 Å². The Hall–Kier alpha value is -1.35. The number of ether oxygens (including phenoxy) is 1. The third-order valence-electron chi connectivity index (χ3n) is 4.14. The summed E-state index contributed by atoms with van der Waals surface area (Å²) in [6, 6.07) is 5.41. The fourth-order valence-electron chi connectivity index (χ4n) is 3.25. The Bertz CT molecular complexity index is 481. The van der Waals surface area contributed by atoms with Crippen molar-refractivity contribution >= 4 is 5.57 Å². The Morgan fingerprint density at radius 1 is 1.44 bits per heavy atom. The fourth-order valence-corrected chi connectivity index (χ4v) is 3.25. The van der Waals surface area contributed by atoms with Gasteiger partial charge in [0.15, 0.2) is 0 Å². The van der Waals surface area contributed by atoms with E-state index in [1.165, 1.54) is 24.1 Å². The average molecular weight is 244 g/mol. The number of likely N-dealkylation sites (tertiary alicyclic amines) is 1. The first-order valence-corrected chi connectivity index (χ1v) is 6.67. The molecule has 1 aliphatic heterocycles. The van der Waals surface area contributed by atoms with Crippen LogP contribution in [0.5, 0.6) is 5.88 Å². The molecule has 0 saturated carbocycles. The minimum Gasteiger partial charge on any atom is -0.481 e. The monoisotopic (exact) mass is 244 g/mol. The average Bonchev–Trinajstić information content (AvgIpc) is 2.98. The van der Waals surface area contributed by atoms with Gasteiger partial charge in [-0.1, -0.05) is 6.08 Å². The quantitative estimate of drug-likeness (QED) is 0.817. The van der Waals surface area contributed by atoms with E-state index in [0.29, 0.717) is 23.9 Å². The molecule has 1 aliphatic carbocycles. The summed E-state index contributed by atoms with van der Waals surface area (Å²) in [6.45, 7) is 5.76.